The number of aromatic nitrogens is 3. The van der Waals surface area contributed by atoms with E-state index in [0.29, 0.717) is 5.56 Å². The number of rotatable bonds is 2. The lowest BCUT2D eigenvalue weighted by Crippen LogP contribution is -2.11. The van der Waals surface area contributed by atoms with Gasteiger partial charge in [-0.3, -0.25) is 4.79 Å². The Balaban J connectivity index is 1.66. The molecule has 120 valence electrons. The molecule has 0 bridgehead atoms. The molecular formula is C19H18N4O. The first-order valence-corrected chi connectivity index (χ1v) is 7.82. The molecule has 0 saturated carbocycles. The monoisotopic (exact) mass is 318 g/mol. The van der Waals surface area contributed by atoms with Gasteiger partial charge in [0.2, 0.25) is 0 Å². The third kappa shape index (κ3) is 2.25. The number of hydrogen-bond donors (Lipinski definition) is 1. The van der Waals surface area contributed by atoms with Crippen LogP contribution < -0.4 is 5.32 Å². The number of benzene rings is 2. The topological polar surface area (TPSA) is 51.9 Å². The first kappa shape index (κ1) is 14.5. The van der Waals surface area contributed by atoms with Crippen molar-refractivity contribution in [2.75, 3.05) is 5.32 Å². The van der Waals surface area contributed by atoms with Crippen molar-refractivity contribution in [3.8, 4) is 0 Å². The van der Waals surface area contributed by atoms with Crippen molar-refractivity contribution in [2.45, 2.75) is 6.92 Å². The molecule has 4 rings (SSSR count). The summed E-state index contributed by atoms with van der Waals surface area (Å²) in [4.78, 5) is 17.1. The predicted octanol–water partition coefficient (Wildman–Crippen LogP) is 3.63. The molecule has 0 fully saturated rings. The summed E-state index contributed by atoms with van der Waals surface area (Å²) in [7, 11) is 3.96. The molecule has 0 spiro atoms. The quantitative estimate of drug-likeness (QED) is 0.613. The SMILES string of the molecule is Cc1nc2cc(NC(=O)c3ccc4ccn(C)c4c3)ccc2n1C. The van der Waals surface area contributed by atoms with E-state index in [-0.39, 0.29) is 5.91 Å². The predicted molar refractivity (Wildman–Crippen MR) is 96.3 cm³/mol. The van der Waals surface area contributed by atoms with Crippen LogP contribution in [0.4, 0.5) is 5.69 Å². The number of fused-ring (bicyclic) bond motifs is 2. The van der Waals surface area contributed by atoms with Crippen molar-refractivity contribution < 1.29 is 4.79 Å². The summed E-state index contributed by atoms with van der Waals surface area (Å²) in [5.74, 6) is 0.827. The van der Waals surface area contributed by atoms with E-state index in [1.165, 1.54) is 0 Å². The molecule has 24 heavy (non-hydrogen) atoms. The third-order valence-corrected chi connectivity index (χ3v) is 4.51. The molecule has 0 atom stereocenters. The van der Waals surface area contributed by atoms with Crippen LogP contribution in [0.15, 0.2) is 48.7 Å². The van der Waals surface area contributed by atoms with Crippen LogP contribution >= 0.6 is 0 Å². The molecule has 5 heteroatoms. The number of carbonyl (C=O) groups is 1. The Hall–Kier alpha value is -3.08. The number of imidazole rings is 1. The molecule has 0 unspecified atom stereocenters. The van der Waals surface area contributed by atoms with E-state index in [9.17, 15) is 4.79 Å². The lowest BCUT2D eigenvalue weighted by molar-refractivity contribution is 0.102. The van der Waals surface area contributed by atoms with Gasteiger partial charge in [0.1, 0.15) is 5.82 Å². The van der Waals surface area contributed by atoms with Gasteiger partial charge >= 0.3 is 0 Å². The van der Waals surface area contributed by atoms with Crippen molar-refractivity contribution in [3.63, 3.8) is 0 Å². The van der Waals surface area contributed by atoms with Gasteiger partial charge in [0.25, 0.3) is 5.91 Å². The lowest BCUT2D eigenvalue weighted by atomic mass is 10.1. The molecule has 1 amide bonds. The summed E-state index contributed by atoms with van der Waals surface area (Å²) in [5.41, 5.74) is 4.36. The first-order valence-electron chi connectivity index (χ1n) is 7.82. The minimum Gasteiger partial charge on any atom is -0.351 e. The van der Waals surface area contributed by atoms with E-state index in [4.69, 9.17) is 0 Å². The Morgan fingerprint density at radius 3 is 2.71 bits per heavy atom. The minimum atomic E-state index is -0.120. The van der Waals surface area contributed by atoms with Crippen LogP contribution in [0.25, 0.3) is 21.9 Å². The number of amides is 1. The molecule has 0 aliphatic rings. The standard InChI is InChI=1S/C19H18N4O/c1-12-20-16-11-15(6-7-17(16)23(12)3)21-19(24)14-5-4-13-8-9-22(2)18(13)10-14/h4-11H,1-3H3,(H,21,24). The molecule has 2 heterocycles. The van der Waals surface area contributed by atoms with Crippen molar-refractivity contribution in [2.24, 2.45) is 14.1 Å². The van der Waals surface area contributed by atoms with Gasteiger partial charge < -0.3 is 14.5 Å². The Morgan fingerprint density at radius 1 is 1.04 bits per heavy atom. The van der Waals surface area contributed by atoms with Crippen molar-refractivity contribution in [1.82, 2.24) is 14.1 Å². The van der Waals surface area contributed by atoms with Crippen LogP contribution in [0.5, 0.6) is 0 Å². The average Bonchev–Trinajstić information content (AvgIpc) is 3.08. The average molecular weight is 318 g/mol. The Labute approximate surface area is 139 Å². The summed E-state index contributed by atoms with van der Waals surface area (Å²) in [6.45, 7) is 1.97. The molecule has 0 aliphatic heterocycles. The molecule has 5 nitrogen and oxygen atoms in total. The normalized spacial score (nSPS) is 11.3. The van der Waals surface area contributed by atoms with E-state index >= 15 is 0 Å². The molecule has 0 radical (unpaired) electrons. The highest BCUT2D eigenvalue weighted by Gasteiger charge is 2.10. The Bertz CT molecular complexity index is 1090. The lowest BCUT2D eigenvalue weighted by Gasteiger charge is -2.06. The van der Waals surface area contributed by atoms with Crippen LogP contribution in [0.1, 0.15) is 16.2 Å². The minimum absolute atomic E-state index is 0.120. The maximum atomic E-state index is 12.6. The van der Waals surface area contributed by atoms with Crippen LogP contribution in [-0.2, 0) is 14.1 Å². The van der Waals surface area contributed by atoms with E-state index in [0.717, 1.165) is 33.4 Å². The van der Waals surface area contributed by atoms with Gasteiger partial charge in [0.05, 0.1) is 11.0 Å². The fourth-order valence-electron chi connectivity index (χ4n) is 3.00. The molecule has 1 N–H and O–H groups in total. The molecule has 2 aromatic carbocycles. The maximum absolute atomic E-state index is 12.6. The molecule has 0 saturated heterocycles. The zero-order valence-corrected chi connectivity index (χ0v) is 13.9. The maximum Gasteiger partial charge on any atom is 0.255 e. The molecular weight excluding hydrogens is 300 g/mol. The third-order valence-electron chi connectivity index (χ3n) is 4.51. The first-order chi connectivity index (χ1) is 11.5. The highest BCUT2D eigenvalue weighted by molar-refractivity contribution is 6.06. The second-order valence-corrected chi connectivity index (χ2v) is 6.08. The van der Waals surface area contributed by atoms with E-state index in [1.807, 2.05) is 78.8 Å². The number of anilines is 1. The fraction of sp³-hybridized carbons (Fsp3) is 0.158. The van der Waals surface area contributed by atoms with Crippen molar-refractivity contribution in [1.29, 1.82) is 0 Å². The van der Waals surface area contributed by atoms with E-state index in [2.05, 4.69) is 10.3 Å². The summed E-state index contributed by atoms with van der Waals surface area (Å²) in [6.07, 6.45) is 1.99. The highest BCUT2D eigenvalue weighted by atomic mass is 16.1. The van der Waals surface area contributed by atoms with Crippen LogP contribution in [0, 0.1) is 6.92 Å². The van der Waals surface area contributed by atoms with Crippen LogP contribution in [0.2, 0.25) is 0 Å². The Kier molecular flexibility index (Phi) is 3.16. The van der Waals surface area contributed by atoms with Crippen molar-refractivity contribution >= 4 is 33.5 Å². The second-order valence-electron chi connectivity index (χ2n) is 6.08. The van der Waals surface area contributed by atoms with Gasteiger partial charge in [-0.15, -0.1) is 0 Å². The number of nitrogens with one attached hydrogen (secondary N) is 1. The summed E-state index contributed by atoms with van der Waals surface area (Å²) >= 11 is 0. The number of hydrogen-bond acceptors (Lipinski definition) is 2. The van der Waals surface area contributed by atoms with Gasteiger partial charge in [-0.05, 0) is 48.7 Å². The Morgan fingerprint density at radius 2 is 1.88 bits per heavy atom. The number of carbonyl (C=O) groups excluding carboxylic acids is 1. The molecule has 4 aromatic rings. The molecule has 2 aromatic heterocycles. The van der Waals surface area contributed by atoms with Crippen molar-refractivity contribution in [3.05, 3.63) is 60.0 Å². The summed E-state index contributed by atoms with van der Waals surface area (Å²) < 4.78 is 4.04. The summed E-state index contributed by atoms with van der Waals surface area (Å²) in [6, 6.07) is 13.5. The largest absolute Gasteiger partial charge is 0.351 e. The highest BCUT2D eigenvalue weighted by Crippen LogP contribution is 2.21. The second kappa shape index (κ2) is 5.23. The van der Waals surface area contributed by atoms with Crippen LogP contribution in [-0.4, -0.2) is 20.0 Å². The molecule has 0 aliphatic carbocycles. The van der Waals surface area contributed by atoms with Gasteiger partial charge in [0.15, 0.2) is 0 Å². The number of aryl methyl sites for hydroxylation is 3. The van der Waals surface area contributed by atoms with E-state index in [1.54, 1.807) is 0 Å². The van der Waals surface area contributed by atoms with Gasteiger partial charge in [-0.25, -0.2) is 4.98 Å². The zero-order valence-electron chi connectivity index (χ0n) is 13.9. The fourth-order valence-corrected chi connectivity index (χ4v) is 3.00. The van der Waals surface area contributed by atoms with Gasteiger partial charge in [0, 0.05) is 37.1 Å². The summed E-state index contributed by atoms with van der Waals surface area (Å²) in [5, 5.41) is 4.08. The number of nitrogens with zero attached hydrogens (tertiary/aromatic N) is 3. The van der Waals surface area contributed by atoms with Gasteiger partial charge in [-0.2, -0.15) is 0 Å². The smallest absolute Gasteiger partial charge is 0.255 e. The zero-order chi connectivity index (χ0) is 16.8. The van der Waals surface area contributed by atoms with Gasteiger partial charge in [-0.1, -0.05) is 6.07 Å². The van der Waals surface area contributed by atoms with E-state index < -0.39 is 0 Å². The van der Waals surface area contributed by atoms with Crippen LogP contribution in [0.3, 0.4) is 0 Å².